The first-order valence-electron chi connectivity index (χ1n) is 7.22. The lowest BCUT2D eigenvalue weighted by Crippen LogP contribution is -2.09. The molecule has 0 bridgehead atoms. The van der Waals surface area contributed by atoms with Crippen LogP contribution in [0.4, 0.5) is 0 Å². The van der Waals surface area contributed by atoms with Gasteiger partial charge in [-0.25, -0.2) is 0 Å². The summed E-state index contributed by atoms with van der Waals surface area (Å²) >= 11 is 0. The second-order valence-electron chi connectivity index (χ2n) is 5.25. The summed E-state index contributed by atoms with van der Waals surface area (Å²) in [5.41, 5.74) is 2.70. The number of carbonyl (C=O) groups excluding carboxylic acids is 1. The molecule has 0 amide bonds. The van der Waals surface area contributed by atoms with Crippen LogP contribution in [0.5, 0.6) is 0 Å². The van der Waals surface area contributed by atoms with E-state index in [0.717, 1.165) is 34.3 Å². The van der Waals surface area contributed by atoms with Crippen molar-refractivity contribution >= 4 is 16.6 Å². The largest absolute Gasteiger partial charge is 0.294 e. The Morgan fingerprint density at radius 2 is 1.86 bits per heavy atom. The average molecular weight is 278 g/mol. The molecule has 0 unspecified atom stereocenters. The molecule has 0 aliphatic rings. The monoisotopic (exact) mass is 278 g/mol. The van der Waals surface area contributed by atoms with E-state index >= 15 is 0 Å². The van der Waals surface area contributed by atoms with Crippen LogP contribution in [0, 0.1) is 6.92 Å². The van der Waals surface area contributed by atoms with Crippen molar-refractivity contribution in [3.05, 3.63) is 65.5 Å². The Morgan fingerprint density at radius 3 is 2.62 bits per heavy atom. The van der Waals surface area contributed by atoms with E-state index in [1.165, 1.54) is 0 Å². The number of hydrogen-bond donors (Lipinski definition) is 0. The Hall–Kier alpha value is -2.42. The standard InChI is InChI=1S/C18H18N2O/c1-3-20-17(10-13(2)19-20)12-18(21)16-9-8-14-6-4-5-7-15(14)11-16/h4-11H,3,12H2,1-2H3. The van der Waals surface area contributed by atoms with Gasteiger partial charge in [-0.3, -0.25) is 9.48 Å². The zero-order valence-electron chi connectivity index (χ0n) is 12.3. The summed E-state index contributed by atoms with van der Waals surface area (Å²) in [5, 5.41) is 6.65. The fourth-order valence-corrected chi connectivity index (χ4v) is 2.64. The predicted octanol–water partition coefficient (Wildman–Crippen LogP) is 3.79. The molecule has 3 aromatic rings. The molecule has 106 valence electrons. The van der Waals surface area contributed by atoms with Crippen molar-refractivity contribution in [2.24, 2.45) is 0 Å². The van der Waals surface area contributed by atoms with E-state index in [2.05, 4.69) is 11.2 Å². The maximum Gasteiger partial charge on any atom is 0.168 e. The molecule has 0 spiro atoms. The molecule has 0 fully saturated rings. The summed E-state index contributed by atoms with van der Waals surface area (Å²) in [6.07, 6.45) is 0.396. The van der Waals surface area contributed by atoms with E-state index in [1.807, 2.05) is 61.0 Å². The summed E-state index contributed by atoms with van der Waals surface area (Å²) < 4.78 is 1.90. The van der Waals surface area contributed by atoms with Gasteiger partial charge in [-0.05, 0) is 36.8 Å². The Balaban J connectivity index is 1.89. The molecular weight excluding hydrogens is 260 g/mol. The topological polar surface area (TPSA) is 34.9 Å². The molecule has 0 saturated carbocycles. The van der Waals surface area contributed by atoms with Crippen molar-refractivity contribution in [3.63, 3.8) is 0 Å². The van der Waals surface area contributed by atoms with Crippen molar-refractivity contribution in [2.75, 3.05) is 0 Å². The number of benzene rings is 2. The van der Waals surface area contributed by atoms with Gasteiger partial charge in [0, 0.05) is 17.8 Å². The van der Waals surface area contributed by atoms with Crippen LogP contribution in [-0.2, 0) is 13.0 Å². The van der Waals surface area contributed by atoms with Crippen LogP contribution in [0.3, 0.4) is 0 Å². The maximum absolute atomic E-state index is 12.5. The summed E-state index contributed by atoms with van der Waals surface area (Å²) in [5.74, 6) is 0.135. The number of fused-ring (bicyclic) bond motifs is 1. The third-order valence-corrected chi connectivity index (χ3v) is 3.70. The van der Waals surface area contributed by atoms with Crippen LogP contribution in [0.15, 0.2) is 48.5 Å². The van der Waals surface area contributed by atoms with Gasteiger partial charge in [-0.15, -0.1) is 0 Å². The molecule has 0 atom stereocenters. The fourth-order valence-electron chi connectivity index (χ4n) is 2.64. The summed E-state index contributed by atoms with van der Waals surface area (Å²) in [6.45, 7) is 4.78. The molecule has 0 aliphatic carbocycles. The smallest absolute Gasteiger partial charge is 0.168 e. The molecule has 0 saturated heterocycles. The van der Waals surface area contributed by atoms with E-state index in [0.29, 0.717) is 6.42 Å². The highest BCUT2D eigenvalue weighted by molar-refractivity contribution is 6.00. The molecule has 1 heterocycles. The number of ketones is 1. The minimum Gasteiger partial charge on any atom is -0.294 e. The maximum atomic E-state index is 12.5. The molecule has 3 nitrogen and oxygen atoms in total. The van der Waals surface area contributed by atoms with Crippen molar-refractivity contribution in [1.29, 1.82) is 0 Å². The van der Waals surface area contributed by atoms with Gasteiger partial charge in [0.15, 0.2) is 5.78 Å². The Labute approximate surface area is 124 Å². The lowest BCUT2D eigenvalue weighted by molar-refractivity contribution is 0.0990. The van der Waals surface area contributed by atoms with Gasteiger partial charge in [0.05, 0.1) is 12.1 Å². The molecule has 3 heteroatoms. The van der Waals surface area contributed by atoms with Crippen LogP contribution >= 0.6 is 0 Å². The Bertz CT molecular complexity index is 802. The zero-order valence-corrected chi connectivity index (χ0v) is 12.3. The van der Waals surface area contributed by atoms with Gasteiger partial charge in [-0.2, -0.15) is 5.10 Å². The number of Topliss-reactive ketones (excluding diaryl/α,β-unsaturated/α-hetero) is 1. The zero-order chi connectivity index (χ0) is 14.8. The normalized spacial score (nSPS) is 11.0. The summed E-state index contributed by atoms with van der Waals surface area (Å²) in [7, 11) is 0. The molecule has 0 N–H and O–H groups in total. The van der Waals surface area contributed by atoms with E-state index in [9.17, 15) is 4.79 Å². The highest BCUT2D eigenvalue weighted by atomic mass is 16.1. The van der Waals surface area contributed by atoms with E-state index in [1.54, 1.807) is 0 Å². The number of aromatic nitrogens is 2. The van der Waals surface area contributed by atoms with Gasteiger partial charge in [0.2, 0.25) is 0 Å². The highest BCUT2D eigenvalue weighted by Gasteiger charge is 2.12. The second-order valence-corrected chi connectivity index (χ2v) is 5.25. The van der Waals surface area contributed by atoms with E-state index in [4.69, 9.17) is 0 Å². The van der Waals surface area contributed by atoms with Crippen molar-refractivity contribution < 1.29 is 4.79 Å². The van der Waals surface area contributed by atoms with Gasteiger partial charge in [0.25, 0.3) is 0 Å². The van der Waals surface area contributed by atoms with Crippen LogP contribution in [0.2, 0.25) is 0 Å². The quantitative estimate of drug-likeness (QED) is 0.680. The van der Waals surface area contributed by atoms with Gasteiger partial charge >= 0.3 is 0 Å². The SMILES string of the molecule is CCn1nc(C)cc1CC(=O)c1ccc2ccccc2c1. The third kappa shape index (κ3) is 2.72. The van der Waals surface area contributed by atoms with E-state index in [-0.39, 0.29) is 5.78 Å². The molecule has 2 aromatic carbocycles. The molecule has 3 rings (SSSR count). The fraction of sp³-hybridized carbons (Fsp3) is 0.222. The minimum absolute atomic E-state index is 0.135. The van der Waals surface area contributed by atoms with Crippen molar-refractivity contribution in [3.8, 4) is 0 Å². The molecule has 0 aliphatic heterocycles. The number of carbonyl (C=O) groups is 1. The predicted molar refractivity (Wildman–Crippen MR) is 84.6 cm³/mol. The molecule has 21 heavy (non-hydrogen) atoms. The van der Waals surface area contributed by atoms with Crippen LogP contribution in [0.1, 0.15) is 28.7 Å². The molecule has 1 aromatic heterocycles. The minimum atomic E-state index is 0.135. The lowest BCUT2D eigenvalue weighted by atomic mass is 10.0. The Morgan fingerprint density at radius 1 is 1.10 bits per heavy atom. The average Bonchev–Trinajstić information content (AvgIpc) is 2.86. The van der Waals surface area contributed by atoms with Crippen LogP contribution in [0.25, 0.3) is 10.8 Å². The van der Waals surface area contributed by atoms with Crippen LogP contribution < -0.4 is 0 Å². The summed E-state index contributed by atoms with van der Waals surface area (Å²) in [6, 6.07) is 16.0. The van der Waals surface area contributed by atoms with Gasteiger partial charge in [-0.1, -0.05) is 36.4 Å². The molecule has 0 radical (unpaired) electrons. The first-order chi connectivity index (χ1) is 10.2. The summed E-state index contributed by atoms with van der Waals surface area (Å²) in [4.78, 5) is 12.5. The van der Waals surface area contributed by atoms with E-state index < -0.39 is 0 Å². The first-order valence-corrected chi connectivity index (χ1v) is 7.22. The molecular formula is C18H18N2O. The highest BCUT2D eigenvalue weighted by Crippen LogP contribution is 2.17. The second kappa shape index (κ2) is 5.52. The first kappa shape index (κ1) is 13.6. The number of nitrogens with zero attached hydrogens (tertiary/aromatic N) is 2. The van der Waals surface area contributed by atoms with Crippen molar-refractivity contribution in [1.82, 2.24) is 9.78 Å². The third-order valence-electron chi connectivity index (χ3n) is 3.70. The number of rotatable bonds is 4. The van der Waals surface area contributed by atoms with Crippen molar-refractivity contribution in [2.45, 2.75) is 26.8 Å². The van der Waals surface area contributed by atoms with Gasteiger partial charge in [0.1, 0.15) is 0 Å². The lowest BCUT2D eigenvalue weighted by Gasteiger charge is -2.05. The van der Waals surface area contributed by atoms with Crippen LogP contribution in [-0.4, -0.2) is 15.6 Å². The number of hydrogen-bond acceptors (Lipinski definition) is 2. The number of aryl methyl sites for hydroxylation is 2. The van der Waals surface area contributed by atoms with Gasteiger partial charge < -0.3 is 0 Å². The Kier molecular flexibility index (Phi) is 3.57.